The van der Waals surface area contributed by atoms with Crippen LogP contribution in [0.1, 0.15) is 0 Å². The zero-order chi connectivity index (χ0) is 32.1. The van der Waals surface area contributed by atoms with Crippen LogP contribution in [0.3, 0.4) is 0 Å². The van der Waals surface area contributed by atoms with Crippen molar-refractivity contribution in [2.75, 3.05) is 0 Å². The first-order valence-corrected chi connectivity index (χ1v) is 16.5. The van der Waals surface area contributed by atoms with Gasteiger partial charge in [-0.15, -0.1) is 0 Å². The third-order valence-corrected chi connectivity index (χ3v) is 10.0. The molecule has 49 heavy (non-hydrogen) atoms. The summed E-state index contributed by atoms with van der Waals surface area (Å²) in [5.41, 5.74) is 9.40. The molecule has 226 valence electrons. The smallest absolute Gasteiger partial charge is 0.164 e. The first kappa shape index (κ1) is 26.4. The van der Waals surface area contributed by atoms with Crippen molar-refractivity contribution in [3.63, 3.8) is 0 Å². The first-order valence-electron chi connectivity index (χ1n) is 16.5. The largest absolute Gasteiger partial charge is 0.456 e. The van der Waals surface area contributed by atoms with Crippen molar-refractivity contribution in [1.82, 2.24) is 15.0 Å². The Balaban J connectivity index is 1.15. The van der Waals surface area contributed by atoms with Gasteiger partial charge in [-0.1, -0.05) is 127 Å². The van der Waals surface area contributed by atoms with E-state index < -0.39 is 0 Å². The Kier molecular flexibility index (Phi) is 5.35. The number of rotatable bonds is 3. The second-order valence-corrected chi connectivity index (χ2v) is 12.8. The molecule has 1 aliphatic carbocycles. The molecule has 0 atom stereocenters. The van der Waals surface area contributed by atoms with Gasteiger partial charge in [-0.2, -0.15) is 0 Å². The van der Waals surface area contributed by atoms with E-state index in [0.29, 0.717) is 17.5 Å². The fourth-order valence-electron chi connectivity index (χ4n) is 7.79. The summed E-state index contributed by atoms with van der Waals surface area (Å²) in [4.78, 5) is 15.3. The maximum absolute atomic E-state index is 6.58. The third-order valence-electron chi connectivity index (χ3n) is 10.0. The minimum absolute atomic E-state index is 0.613. The summed E-state index contributed by atoms with van der Waals surface area (Å²) >= 11 is 0. The van der Waals surface area contributed by atoms with Gasteiger partial charge in [-0.25, -0.2) is 15.0 Å². The molecule has 0 N–H and O–H groups in total. The highest BCUT2D eigenvalue weighted by atomic mass is 16.3. The van der Waals surface area contributed by atoms with Crippen molar-refractivity contribution in [2.45, 2.75) is 0 Å². The van der Waals surface area contributed by atoms with Gasteiger partial charge in [0.1, 0.15) is 11.2 Å². The van der Waals surface area contributed by atoms with E-state index in [1.807, 2.05) is 42.5 Å². The monoisotopic (exact) mass is 623 g/mol. The van der Waals surface area contributed by atoms with Crippen LogP contribution in [0.5, 0.6) is 0 Å². The summed E-state index contributed by atoms with van der Waals surface area (Å²) in [6, 6.07) is 53.2. The van der Waals surface area contributed by atoms with Crippen LogP contribution in [-0.2, 0) is 0 Å². The molecule has 10 aromatic rings. The number of hydrogen-bond donors (Lipinski definition) is 0. The van der Waals surface area contributed by atoms with Crippen LogP contribution in [0, 0.1) is 0 Å². The van der Waals surface area contributed by atoms with E-state index >= 15 is 0 Å². The number of aromatic nitrogens is 3. The molecule has 8 aromatic carbocycles. The molecule has 0 radical (unpaired) electrons. The summed E-state index contributed by atoms with van der Waals surface area (Å²) < 4.78 is 6.58. The molecule has 0 saturated carbocycles. The number of benzene rings is 8. The molecule has 4 nitrogen and oxygen atoms in total. The van der Waals surface area contributed by atoms with Crippen LogP contribution in [0.25, 0.3) is 111 Å². The van der Waals surface area contributed by atoms with E-state index in [1.165, 1.54) is 49.2 Å². The quantitative estimate of drug-likeness (QED) is 0.184. The van der Waals surface area contributed by atoms with Gasteiger partial charge in [0, 0.05) is 27.5 Å². The highest BCUT2D eigenvalue weighted by molar-refractivity contribution is 6.20. The fraction of sp³-hybridized carbons (Fsp3) is 0. The lowest BCUT2D eigenvalue weighted by Crippen LogP contribution is -2.00. The highest BCUT2D eigenvalue weighted by Gasteiger charge is 2.25. The van der Waals surface area contributed by atoms with E-state index in [4.69, 9.17) is 19.4 Å². The van der Waals surface area contributed by atoms with Gasteiger partial charge in [-0.3, -0.25) is 0 Å². The lowest BCUT2D eigenvalue weighted by atomic mass is 9.99. The van der Waals surface area contributed by atoms with Crippen LogP contribution in [0.2, 0.25) is 0 Å². The van der Waals surface area contributed by atoms with Crippen molar-refractivity contribution in [1.29, 1.82) is 0 Å². The lowest BCUT2D eigenvalue weighted by molar-refractivity contribution is 0.669. The van der Waals surface area contributed by atoms with Crippen LogP contribution in [-0.4, -0.2) is 15.0 Å². The SMILES string of the molecule is c1ccc(-c2nc(-c3ccc4c(ccc5ccccc54)c3)nc(-c3cccc4oc5cc6c(cc5c34)-c3cccc4cccc-6c34)n2)cc1. The molecule has 11 rings (SSSR count). The maximum atomic E-state index is 6.58. The van der Waals surface area contributed by atoms with E-state index in [9.17, 15) is 0 Å². The molecule has 0 aliphatic heterocycles. The Hall–Kier alpha value is -6.65. The lowest BCUT2D eigenvalue weighted by Gasteiger charge is -2.10. The van der Waals surface area contributed by atoms with Gasteiger partial charge in [0.2, 0.25) is 0 Å². The molecule has 1 aliphatic rings. The number of hydrogen-bond acceptors (Lipinski definition) is 4. The minimum Gasteiger partial charge on any atom is -0.456 e. The number of fused-ring (bicyclic) bond motifs is 9. The minimum atomic E-state index is 0.613. The van der Waals surface area contributed by atoms with Crippen LogP contribution < -0.4 is 0 Å². The molecular weight excluding hydrogens is 599 g/mol. The van der Waals surface area contributed by atoms with Gasteiger partial charge >= 0.3 is 0 Å². The molecule has 0 amide bonds. The summed E-state index contributed by atoms with van der Waals surface area (Å²) in [6.07, 6.45) is 0. The van der Waals surface area contributed by atoms with Crippen LogP contribution in [0.15, 0.2) is 156 Å². The summed E-state index contributed by atoms with van der Waals surface area (Å²) in [6.45, 7) is 0. The average molecular weight is 624 g/mol. The van der Waals surface area contributed by atoms with E-state index in [2.05, 4.69) is 109 Å². The fourth-order valence-corrected chi connectivity index (χ4v) is 7.79. The second kappa shape index (κ2) is 9.93. The Morgan fingerprint density at radius 3 is 1.84 bits per heavy atom. The number of nitrogens with zero attached hydrogens (tertiary/aromatic N) is 3. The van der Waals surface area contributed by atoms with Gasteiger partial charge in [-0.05, 0) is 78.8 Å². The van der Waals surface area contributed by atoms with E-state index in [-0.39, 0.29) is 0 Å². The predicted octanol–water partition coefficient (Wildman–Crippen LogP) is 11.9. The molecule has 0 fully saturated rings. The normalized spacial score (nSPS) is 12.1. The molecule has 2 heterocycles. The van der Waals surface area contributed by atoms with Crippen molar-refractivity contribution < 1.29 is 4.42 Å². The maximum Gasteiger partial charge on any atom is 0.164 e. The Morgan fingerprint density at radius 2 is 0.980 bits per heavy atom. The van der Waals surface area contributed by atoms with Crippen molar-refractivity contribution in [3.8, 4) is 56.4 Å². The van der Waals surface area contributed by atoms with Crippen molar-refractivity contribution in [3.05, 3.63) is 152 Å². The van der Waals surface area contributed by atoms with Crippen LogP contribution in [0.4, 0.5) is 0 Å². The average Bonchev–Trinajstić information content (AvgIpc) is 3.69. The Bertz CT molecular complexity index is 2990. The predicted molar refractivity (Wildman–Crippen MR) is 200 cm³/mol. The van der Waals surface area contributed by atoms with Gasteiger partial charge < -0.3 is 4.42 Å². The molecular formula is C45H25N3O. The second-order valence-electron chi connectivity index (χ2n) is 12.8. The van der Waals surface area contributed by atoms with Crippen LogP contribution >= 0.6 is 0 Å². The molecule has 0 unspecified atom stereocenters. The van der Waals surface area contributed by atoms with Gasteiger partial charge in [0.05, 0.1) is 0 Å². The van der Waals surface area contributed by atoms with Gasteiger partial charge in [0.15, 0.2) is 17.5 Å². The Labute approximate surface area is 281 Å². The first-order chi connectivity index (χ1) is 24.3. The molecule has 0 bridgehead atoms. The van der Waals surface area contributed by atoms with E-state index in [0.717, 1.165) is 44.0 Å². The van der Waals surface area contributed by atoms with Crippen molar-refractivity contribution in [2.24, 2.45) is 0 Å². The topological polar surface area (TPSA) is 51.8 Å². The molecule has 4 heteroatoms. The molecule has 0 saturated heterocycles. The summed E-state index contributed by atoms with van der Waals surface area (Å²) in [5, 5.41) is 9.42. The zero-order valence-corrected chi connectivity index (χ0v) is 26.2. The third kappa shape index (κ3) is 3.89. The van der Waals surface area contributed by atoms with Gasteiger partial charge in [0.25, 0.3) is 0 Å². The van der Waals surface area contributed by atoms with Crippen molar-refractivity contribution >= 4 is 54.3 Å². The summed E-state index contributed by atoms with van der Waals surface area (Å²) in [5.74, 6) is 1.88. The standard InChI is InChI=1S/C45H25N3O/c1-2-10-28(11-3-1)43-46-44(30-21-22-32-29(23-30)20-19-26-9-4-5-14-31(26)32)48-45(47-43)35-17-8-18-39-42(35)38-24-36-33-15-6-12-27-13-7-16-34(41(27)33)37(36)25-40(38)49-39/h1-25H. The Morgan fingerprint density at radius 1 is 0.327 bits per heavy atom. The summed E-state index contributed by atoms with van der Waals surface area (Å²) in [7, 11) is 0. The highest BCUT2D eigenvalue weighted by Crippen LogP contribution is 2.50. The zero-order valence-electron chi connectivity index (χ0n) is 26.2. The molecule has 2 aromatic heterocycles. The molecule has 0 spiro atoms. The van der Waals surface area contributed by atoms with E-state index in [1.54, 1.807) is 0 Å². The number of furan rings is 1.